The van der Waals surface area contributed by atoms with Gasteiger partial charge in [0, 0.05) is 12.3 Å². The molecule has 0 saturated heterocycles. The monoisotopic (exact) mass is 248 g/mol. The van der Waals surface area contributed by atoms with E-state index in [1.54, 1.807) is 6.07 Å². The van der Waals surface area contributed by atoms with Gasteiger partial charge in [-0.3, -0.25) is 0 Å². The zero-order valence-corrected chi connectivity index (χ0v) is 9.36. The van der Waals surface area contributed by atoms with E-state index in [0.717, 1.165) is 4.88 Å². The predicted octanol–water partition coefficient (Wildman–Crippen LogP) is 3.23. The van der Waals surface area contributed by atoms with Crippen LogP contribution in [0.2, 0.25) is 4.34 Å². The summed E-state index contributed by atoms with van der Waals surface area (Å²) in [5, 5.41) is 7.75. The molecule has 2 aromatic rings. The minimum atomic E-state index is 0.479. The lowest BCUT2D eigenvalue weighted by Gasteiger charge is -1.86. The first-order chi connectivity index (χ1) is 6.79. The predicted molar refractivity (Wildman–Crippen MR) is 57.0 cm³/mol. The lowest BCUT2D eigenvalue weighted by atomic mass is 10.5. The molecular formula is C8H6Cl2N2OS. The number of thiophene rings is 1. The summed E-state index contributed by atoms with van der Waals surface area (Å²) in [7, 11) is 0. The highest BCUT2D eigenvalue weighted by Crippen LogP contribution is 2.29. The van der Waals surface area contributed by atoms with Gasteiger partial charge in [-0.25, -0.2) is 0 Å². The molecule has 0 aliphatic rings. The van der Waals surface area contributed by atoms with Gasteiger partial charge in [0.2, 0.25) is 5.89 Å². The number of nitrogens with zero attached hydrogens (tertiary/aromatic N) is 2. The third-order valence-corrected chi connectivity index (χ3v) is 2.97. The third kappa shape index (κ3) is 2.08. The average molecular weight is 249 g/mol. The number of halogens is 2. The first kappa shape index (κ1) is 9.96. The smallest absolute Gasteiger partial charge is 0.257 e. The standard InChI is InChI=1S/C8H6Cl2N2OS/c9-4-3-7-11-12-8(13-7)5-1-2-6(10)14-5/h1-2H,3-4H2. The SMILES string of the molecule is ClCCc1nnc(-c2ccc(Cl)s2)o1. The molecule has 0 N–H and O–H groups in total. The van der Waals surface area contributed by atoms with Crippen LogP contribution >= 0.6 is 34.5 Å². The summed E-state index contributed by atoms with van der Waals surface area (Å²) in [6.07, 6.45) is 0.591. The highest BCUT2D eigenvalue weighted by atomic mass is 35.5. The van der Waals surface area contributed by atoms with Gasteiger partial charge in [0.05, 0.1) is 9.21 Å². The molecule has 0 saturated carbocycles. The first-order valence-electron chi connectivity index (χ1n) is 3.93. The zero-order valence-electron chi connectivity index (χ0n) is 7.04. The van der Waals surface area contributed by atoms with Crippen LogP contribution in [0.4, 0.5) is 0 Å². The number of hydrogen-bond acceptors (Lipinski definition) is 4. The topological polar surface area (TPSA) is 38.9 Å². The van der Waals surface area contributed by atoms with Crippen molar-refractivity contribution in [2.75, 3.05) is 5.88 Å². The molecule has 0 aliphatic carbocycles. The third-order valence-electron chi connectivity index (χ3n) is 1.56. The summed E-state index contributed by atoms with van der Waals surface area (Å²) < 4.78 is 6.07. The molecule has 0 aromatic carbocycles. The molecule has 2 rings (SSSR count). The van der Waals surface area contributed by atoms with E-state index in [0.29, 0.717) is 28.4 Å². The fourth-order valence-electron chi connectivity index (χ4n) is 0.964. The first-order valence-corrected chi connectivity index (χ1v) is 5.66. The highest BCUT2D eigenvalue weighted by Gasteiger charge is 2.09. The van der Waals surface area contributed by atoms with E-state index in [-0.39, 0.29) is 0 Å². The van der Waals surface area contributed by atoms with Gasteiger partial charge >= 0.3 is 0 Å². The van der Waals surface area contributed by atoms with Crippen molar-refractivity contribution in [1.82, 2.24) is 10.2 Å². The van der Waals surface area contributed by atoms with Crippen molar-refractivity contribution in [2.24, 2.45) is 0 Å². The average Bonchev–Trinajstić information content (AvgIpc) is 2.74. The van der Waals surface area contributed by atoms with E-state index in [1.165, 1.54) is 11.3 Å². The lowest BCUT2D eigenvalue weighted by molar-refractivity contribution is 0.515. The summed E-state index contributed by atoms with van der Waals surface area (Å²) in [5.74, 6) is 1.54. The molecule has 14 heavy (non-hydrogen) atoms. The van der Waals surface area contributed by atoms with Crippen molar-refractivity contribution in [1.29, 1.82) is 0 Å². The molecule has 0 aliphatic heterocycles. The van der Waals surface area contributed by atoms with Crippen LogP contribution in [-0.2, 0) is 6.42 Å². The minimum Gasteiger partial charge on any atom is -0.420 e. The molecule has 3 nitrogen and oxygen atoms in total. The Morgan fingerprint density at radius 1 is 1.36 bits per heavy atom. The fourth-order valence-corrected chi connectivity index (χ4v) is 2.09. The quantitative estimate of drug-likeness (QED) is 0.784. The lowest BCUT2D eigenvalue weighted by Crippen LogP contribution is -1.84. The molecular weight excluding hydrogens is 243 g/mol. The Bertz CT molecular complexity index is 426. The summed E-state index contributed by atoms with van der Waals surface area (Å²) in [6, 6.07) is 3.65. The Labute approximate surface area is 94.7 Å². The van der Waals surface area contributed by atoms with Crippen LogP contribution in [0.25, 0.3) is 10.8 Å². The van der Waals surface area contributed by atoms with Crippen molar-refractivity contribution in [2.45, 2.75) is 6.42 Å². The summed E-state index contributed by atoms with van der Waals surface area (Å²) in [5.41, 5.74) is 0. The van der Waals surface area contributed by atoms with Gasteiger partial charge in [0.25, 0.3) is 5.89 Å². The van der Waals surface area contributed by atoms with Gasteiger partial charge in [0.15, 0.2) is 0 Å². The number of hydrogen-bond donors (Lipinski definition) is 0. The maximum Gasteiger partial charge on any atom is 0.257 e. The minimum absolute atomic E-state index is 0.479. The molecule has 0 unspecified atom stereocenters. The molecule has 0 radical (unpaired) electrons. The molecule has 6 heteroatoms. The Balaban J connectivity index is 2.24. The van der Waals surface area contributed by atoms with Crippen LogP contribution in [0, 0.1) is 0 Å². The van der Waals surface area contributed by atoms with Gasteiger partial charge in [0.1, 0.15) is 0 Å². The van der Waals surface area contributed by atoms with Crippen molar-refractivity contribution in [3.63, 3.8) is 0 Å². The van der Waals surface area contributed by atoms with Gasteiger partial charge in [-0.15, -0.1) is 33.1 Å². The second-order valence-electron chi connectivity index (χ2n) is 2.54. The van der Waals surface area contributed by atoms with Crippen LogP contribution in [0.15, 0.2) is 16.5 Å². The largest absolute Gasteiger partial charge is 0.420 e. The van der Waals surface area contributed by atoms with E-state index in [1.807, 2.05) is 6.07 Å². The normalized spacial score (nSPS) is 10.7. The van der Waals surface area contributed by atoms with E-state index in [9.17, 15) is 0 Å². The Kier molecular flexibility index (Phi) is 3.05. The fraction of sp³-hybridized carbons (Fsp3) is 0.250. The van der Waals surface area contributed by atoms with E-state index >= 15 is 0 Å². The Morgan fingerprint density at radius 2 is 2.21 bits per heavy atom. The second kappa shape index (κ2) is 4.29. The molecule has 0 amide bonds. The van der Waals surface area contributed by atoms with Gasteiger partial charge in [-0.1, -0.05) is 11.6 Å². The van der Waals surface area contributed by atoms with Crippen molar-refractivity contribution >= 4 is 34.5 Å². The summed E-state index contributed by atoms with van der Waals surface area (Å²) in [4.78, 5) is 0.878. The second-order valence-corrected chi connectivity index (χ2v) is 4.64. The maximum atomic E-state index is 5.79. The van der Waals surface area contributed by atoms with Crippen LogP contribution in [0.1, 0.15) is 5.89 Å². The van der Waals surface area contributed by atoms with Gasteiger partial charge < -0.3 is 4.42 Å². The maximum absolute atomic E-state index is 5.79. The molecule has 0 atom stereocenters. The van der Waals surface area contributed by atoms with Crippen molar-refractivity contribution in [3.05, 3.63) is 22.4 Å². The van der Waals surface area contributed by atoms with Crippen LogP contribution < -0.4 is 0 Å². The zero-order chi connectivity index (χ0) is 9.97. The molecule has 0 spiro atoms. The summed E-state index contributed by atoms with van der Waals surface area (Å²) in [6.45, 7) is 0. The number of alkyl halides is 1. The van der Waals surface area contributed by atoms with Gasteiger partial charge in [-0.2, -0.15) is 0 Å². The number of aromatic nitrogens is 2. The van der Waals surface area contributed by atoms with Crippen LogP contribution in [0.3, 0.4) is 0 Å². The molecule has 2 heterocycles. The van der Waals surface area contributed by atoms with Gasteiger partial charge in [-0.05, 0) is 12.1 Å². The molecule has 74 valence electrons. The van der Waals surface area contributed by atoms with E-state index in [2.05, 4.69) is 10.2 Å². The number of rotatable bonds is 3. The van der Waals surface area contributed by atoms with Crippen molar-refractivity contribution in [3.8, 4) is 10.8 Å². The van der Waals surface area contributed by atoms with Crippen LogP contribution in [0.5, 0.6) is 0 Å². The van der Waals surface area contributed by atoms with Crippen LogP contribution in [-0.4, -0.2) is 16.1 Å². The van der Waals surface area contributed by atoms with E-state index in [4.69, 9.17) is 27.6 Å². The van der Waals surface area contributed by atoms with Crippen molar-refractivity contribution < 1.29 is 4.42 Å². The molecule has 0 fully saturated rings. The Morgan fingerprint density at radius 3 is 2.86 bits per heavy atom. The summed E-state index contributed by atoms with van der Waals surface area (Å²) >= 11 is 12.7. The highest BCUT2D eigenvalue weighted by molar-refractivity contribution is 7.19. The number of aryl methyl sites for hydroxylation is 1. The Hall–Kier alpha value is -0.580. The van der Waals surface area contributed by atoms with E-state index < -0.39 is 0 Å². The molecule has 0 bridgehead atoms. The molecule has 2 aromatic heterocycles.